The quantitative estimate of drug-likeness (QED) is 0.528. The fraction of sp³-hybridized carbons (Fsp3) is 1.00. The first-order chi connectivity index (χ1) is 6.71. The molecule has 1 spiro atoms. The van der Waals surface area contributed by atoms with Crippen molar-refractivity contribution in [1.82, 2.24) is 0 Å². The van der Waals surface area contributed by atoms with Gasteiger partial charge in [-0.3, -0.25) is 0 Å². The summed E-state index contributed by atoms with van der Waals surface area (Å²) >= 11 is 0. The second-order valence-electron chi connectivity index (χ2n) is 11.4. The predicted molar refractivity (Wildman–Crippen MR) is 56.0 cm³/mol. The van der Waals surface area contributed by atoms with Crippen molar-refractivity contribution in [2.75, 3.05) is 0 Å². The molecule has 0 radical (unpaired) electrons. The molecule has 0 saturated carbocycles. The van der Waals surface area contributed by atoms with Gasteiger partial charge in [-0.15, -0.1) is 0 Å². The van der Waals surface area contributed by atoms with E-state index in [2.05, 4.69) is 27.7 Å². The summed E-state index contributed by atoms with van der Waals surface area (Å²) < 4.78 is 4.27. The van der Waals surface area contributed by atoms with E-state index in [-0.39, 0.29) is 0 Å². The van der Waals surface area contributed by atoms with Crippen molar-refractivity contribution >= 4 is 0 Å². The first-order valence-electron chi connectivity index (χ1n) is 6.91. The van der Waals surface area contributed by atoms with Crippen molar-refractivity contribution in [2.45, 2.75) is 73.8 Å². The van der Waals surface area contributed by atoms with Gasteiger partial charge in [-0.2, -0.15) is 0 Å². The molecule has 15 heavy (non-hydrogen) atoms. The molecule has 0 bridgehead atoms. The van der Waals surface area contributed by atoms with Gasteiger partial charge in [0.15, 0.2) is 0 Å². The average molecular weight is 242 g/mol. The molecule has 10 aliphatic heterocycles. The van der Waals surface area contributed by atoms with E-state index in [0.717, 1.165) is 17.3 Å². The summed E-state index contributed by atoms with van der Waals surface area (Å²) in [5, 5.41) is 0. The van der Waals surface area contributed by atoms with Crippen LogP contribution in [0.2, 0.25) is 46.2 Å². The molecule has 1 heteroatoms. The number of fused-ring (bicyclic) bond motifs is 10. The summed E-state index contributed by atoms with van der Waals surface area (Å²) in [5.41, 5.74) is 0. The van der Waals surface area contributed by atoms with Gasteiger partial charge in [-0.05, 0) is 0 Å². The molecule has 8 unspecified atom stereocenters. The van der Waals surface area contributed by atoms with Gasteiger partial charge >= 0.3 is 80.4 Å². The number of rotatable bonds is 0. The van der Waals surface area contributed by atoms with Crippen LogP contribution in [-0.4, -0.2) is 0 Å². The Bertz CT molecular complexity index is 1010. The molecule has 10 fully saturated rings. The van der Waals surface area contributed by atoms with Gasteiger partial charge in [0.1, 0.15) is 0 Å². The van der Waals surface area contributed by atoms with Crippen LogP contribution >= 0.6 is 0 Å². The fourth-order valence-corrected chi connectivity index (χ4v) is 107. The van der Waals surface area contributed by atoms with Gasteiger partial charge in [-0.1, -0.05) is 0 Å². The van der Waals surface area contributed by atoms with Crippen LogP contribution in [0.1, 0.15) is 27.7 Å². The van der Waals surface area contributed by atoms with Crippen LogP contribution in [0, 0.1) is 0 Å². The number of hydrogen-bond acceptors (Lipinski definition) is 0. The summed E-state index contributed by atoms with van der Waals surface area (Å²) in [6.07, 6.45) is 0. The second kappa shape index (κ2) is 0.346. The standard InChI is InChI=1S/C8H11.C6H7.Fe/c1-6-4-7(2)8(3)5-6;1-6-4-2-3-5-6;/h4-5H,1-3H3;2-5H,1H3;. The van der Waals surface area contributed by atoms with Crippen molar-refractivity contribution in [3.63, 3.8) is 0 Å². The van der Waals surface area contributed by atoms with Crippen LogP contribution < -0.4 is 0 Å². The molecule has 0 aliphatic carbocycles. The van der Waals surface area contributed by atoms with Crippen LogP contribution in [0.4, 0.5) is 0 Å². The third-order valence-corrected chi connectivity index (χ3v) is 67.1. The first kappa shape index (κ1) is 5.44. The second-order valence-corrected chi connectivity index (χ2v) is 35.0. The maximum absolute atomic E-state index is 2.96. The van der Waals surface area contributed by atoms with Crippen LogP contribution in [-0.2, 0) is 6.51 Å². The van der Waals surface area contributed by atoms with Crippen molar-refractivity contribution in [3.8, 4) is 0 Å². The van der Waals surface area contributed by atoms with Crippen molar-refractivity contribution in [3.05, 3.63) is 0 Å². The Labute approximate surface area is 80.5 Å². The minimum atomic E-state index is -2.96. The predicted octanol–water partition coefficient (Wildman–Crippen LogP) is 4.94. The maximum atomic E-state index is 2.84. The zero-order valence-corrected chi connectivity index (χ0v) is 10.9. The van der Waals surface area contributed by atoms with Crippen LogP contribution in [0.5, 0.6) is 0 Å². The van der Waals surface area contributed by atoms with Crippen molar-refractivity contribution < 1.29 is 6.51 Å². The zero-order chi connectivity index (χ0) is 9.78. The van der Waals surface area contributed by atoms with E-state index in [1.165, 1.54) is 28.9 Å². The molecule has 10 aliphatic rings. The molecule has 0 aromatic carbocycles. The first-order valence-corrected chi connectivity index (χ1v) is 12.9. The van der Waals surface area contributed by atoms with E-state index < -0.39 is 6.51 Å². The summed E-state index contributed by atoms with van der Waals surface area (Å²) in [6, 6.07) is 0. The van der Waals surface area contributed by atoms with E-state index in [4.69, 9.17) is 0 Å². The summed E-state index contributed by atoms with van der Waals surface area (Å²) in [6.45, 7) is 8.38. The monoisotopic (exact) mass is 242 g/mol. The van der Waals surface area contributed by atoms with Gasteiger partial charge in [0.05, 0.1) is 0 Å². The van der Waals surface area contributed by atoms with E-state index in [0.29, 0.717) is 0 Å². The third kappa shape index (κ3) is 0.0354. The topological polar surface area (TPSA) is 0 Å². The van der Waals surface area contributed by atoms with Gasteiger partial charge in [0, 0.05) is 0 Å². The molecular weight excluding hydrogens is 224 g/mol. The Morgan fingerprint density at radius 1 is 0.733 bits per heavy atom. The minimum absolute atomic E-state index is 1.06. The summed E-state index contributed by atoms with van der Waals surface area (Å²) in [5.74, 6) is 0. The van der Waals surface area contributed by atoms with E-state index >= 15 is 0 Å². The molecule has 10 heterocycles. The fourth-order valence-electron chi connectivity index (χ4n) is 21.9. The summed E-state index contributed by atoms with van der Waals surface area (Å²) in [4.78, 5) is 8.65. The molecule has 10 saturated heterocycles. The third-order valence-electron chi connectivity index (χ3n) is 18.1. The normalized spacial score (nSPS) is 149. The Hall–Kier alpha value is 0.519. The van der Waals surface area contributed by atoms with Gasteiger partial charge < -0.3 is 0 Å². The van der Waals surface area contributed by atoms with E-state index in [1.54, 1.807) is 0 Å². The zero-order valence-electron chi connectivity index (χ0n) is 9.82. The molecule has 0 N–H and O–H groups in total. The average Bonchev–Trinajstić information content (AvgIpc) is 3.08. The van der Waals surface area contributed by atoms with Crippen molar-refractivity contribution in [2.24, 2.45) is 0 Å². The van der Waals surface area contributed by atoms with E-state index in [1.807, 2.05) is 0 Å². The Morgan fingerprint density at radius 3 is 1.20 bits per heavy atom. The molecule has 0 aromatic heterocycles. The molecule has 0 nitrogen and oxygen atoms in total. The molecular formula is C14H18Fe. The molecule has 0 amide bonds. The molecule has 10 rings (SSSR count). The van der Waals surface area contributed by atoms with E-state index in [9.17, 15) is 0 Å². The Balaban J connectivity index is 2.05. The van der Waals surface area contributed by atoms with Crippen molar-refractivity contribution in [1.29, 1.82) is 0 Å². The molecule has 8 atom stereocenters. The van der Waals surface area contributed by atoms with Crippen LogP contribution in [0.3, 0.4) is 0 Å². The van der Waals surface area contributed by atoms with Crippen LogP contribution in [0.25, 0.3) is 0 Å². The molecule has 0 aromatic rings. The summed E-state index contributed by atoms with van der Waals surface area (Å²) in [7, 11) is 0. The number of hydrogen-bond donors (Lipinski definition) is 0. The Morgan fingerprint density at radius 2 is 1.20 bits per heavy atom. The van der Waals surface area contributed by atoms with Gasteiger partial charge in [0.2, 0.25) is 0 Å². The Kier molecular flexibility index (Phi) is 0.126. The van der Waals surface area contributed by atoms with Gasteiger partial charge in [-0.25, -0.2) is 0 Å². The SMILES string of the molecule is C[C]12[CH]3[CH]4[CH]5[CH]1[Fe]45321678[CH]2[C]1(C)[CH]6[C]7(C)[C]28C. The molecule has 82 valence electrons. The van der Waals surface area contributed by atoms with Gasteiger partial charge in [0.25, 0.3) is 0 Å². The van der Waals surface area contributed by atoms with Crippen LogP contribution in [0.15, 0.2) is 0 Å².